The summed E-state index contributed by atoms with van der Waals surface area (Å²) in [5, 5.41) is 32.1. The molecule has 1 saturated carbocycles. The molecule has 3 N–H and O–H groups in total. The van der Waals surface area contributed by atoms with E-state index in [2.05, 4.69) is 11.4 Å². The number of amides is 2. The first-order valence-corrected chi connectivity index (χ1v) is 13.9. The molecule has 1 aromatic carbocycles. The number of benzene rings is 1. The number of aryl methyl sites for hydroxylation is 1. The van der Waals surface area contributed by atoms with Crippen LogP contribution in [0.15, 0.2) is 30.3 Å². The molecule has 0 radical (unpaired) electrons. The lowest BCUT2D eigenvalue weighted by molar-refractivity contribution is -0.142. The lowest BCUT2D eigenvalue weighted by Gasteiger charge is -2.41. The summed E-state index contributed by atoms with van der Waals surface area (Å²) in [7, 11) is -1.77. The van der Waals surface area contributed by atoms with E-state index in [-0.39, 0.29) is 50.2 Å². The van der Waals surface area contributed by atoms with Crippen molar-refractivity contribution >= 4 is 19.1 Å². The van der Waals surface area contributed by atoms with E-state index in [0.717, 1.165) is 12.0 Å². The summed E-state index contributed by atoms with van der Waals surface area (Å²) in [4.78, 5) is 29.6. The Morgan fingerprint density at radius 2 is 1.98 bits per heavy atom. The van der Waals surface area contributed by atoms with Gasteiger partial charge in [-0.2, -0.15) is 5.26 Å². The molecule has 0 bridgehead atoms. The summed E-state index contributed by atoms with van der Waals surface area (Å²) < 4.78 is 33.2. The minimum absolute atomic E-state index is 0.0861. The molecule has 1 aromatic rings. The van der Waals surface area contributed by atoms with Gasteiger partial charge in [-0.15, -0.1) is 0 Å². The zero-order valence-corrected chi connectivity index (χ0v) is 23.4. The van der Waals surface area contributed by atoms with Gasteiger partial charge in [0.1, 0.15) is 12.0 Å². The molecule has 0 aromatic heterocycles. The second-order valence-corrected chi connectivity index (χ2v) is 12.4. The zero-order chi connectivity index (χ0) is 29.3. The van der Waals surface area contributed by atoms with Gasteiger partial charge in [-0.1, -0.05) is 30.3 Å². The van der Waals surface area contributed by atoms with E-state index in [9.17, 15) is 33.7 Å². The molecule has 2 aliphatic heterocycles. The Labute approximate surface area is 234 Å². The van der Waals surface area contributed by atoms with E-state index in [4.69, 9.17) is 4.74 Å². The molecule has 218 valence electrons. The third kappa shape index (κ3) is 6.93. The van der Waals surface area contributed by atoms with Gasteiger partial charge >= 0.3 is 13.2 Å². The number of hydrogen-bond acceptors (Lipinski definition) is 7. The monoisotopic (exact) mass is 560 g/mol. The van der Waals surface area contributed by atoms with Gasteiger partial charge in [-0.3, -0.25) is 9.69 Å². The van der Waals surface area contributed by atoms with Crippen LogP contribution in [-0.4, -0.2) is 88.7 Å². The van der Waals surface area contributed by atoms with Crippen LogP contribution < -0.4 is 5.32 Å². The molecular weight excluding hydrogens is 521 g/mol. The Hall–Kier alpha value is -2.75. The molecule has 40 heavy (non-hydrogen) atoms. The van der Waals surface area contributed by atoms with Gasteiger partial charge in [0.05, 0.1) is 24.6 Å². The smallest absolute Gasteiger partial charge is 0.447 e. The van der Waals surface area contributed by atoms with Crippen molar-refractivity contribution in [1.82, 2.24) is 15.1 Å². The Morgan fingerprint density at radius 1 is 1.27 bits per heavy atom. The molecule has 4 rings (SSSR count). The maximum atomic E-state index is 13.9. The van der Waals surface area contributed by atoms with Crippen LogP contribution in [0.4, 0.5) is 13.6 Å². The minimum Gasteiger partial charge on any atom is -0.447 e. The van der Waals surface area contributed by atoms with Gasteiger partial charge in [0.2, 0.25) is 5.91 Å². The SMILES string of the molecule is CC(C#N)(CC(C)(C)N1CCC(F)(F)C1)C(=O)N1C[C@@H]2C[C@@H]2[C@@H]1COC(=O)N[C@@H](CCc1ccccc1)B(O)O. The fourth-order valence-corrected chi connectivity index (χ4v) is 6.34. The lowest BCUT2D eigenvalue weighted by atomic mass is 9.76. The number of ether oxygens (including phenoxy) is 1. The summed E-state index contributed by atoms with van der Waals surface area (Å²) in [6.45, 7) is 5.29. The van der Waals surface area contributed by atoms with Crippen molar-refractivity contribution in [3.63, 3.8) is 0 Å². The standard InChI is InChI=1S/C28H39BF2N4O5/c1-26(2,34-12-11-28(30,31)18-34)16-27(3,17-32)24(36)35-14-20-13-21(20)22(35)15-40-25(37)33-23(29(38)39)10-9-19-7-5-4-6-8-19/h4-8,20-23,38-39H,9-16,18H2,1-3H3,(H,33,37)/t20-,21-,22-,23-,27?/m0/s1. The number of rotatable bonds is 11. The third-order valence-electron chi connectivity index (χ3n) is 8.73. The van der Waals surface area contributed by atoms with Crippen molar-refractivity contribution in [3.05, 3.63) is 35.9 Å². The maximum Gasteiger partial charge on any atom is 0.475 e. The molecule has 3 aliphatic rings. The molecule has 1 unspecified atom stereocenters. The molecule has 5 atom stereocenters. The number of nitriles is 1. The maximum absolute atomic E-state index is 13.9. The second kappa shape index (κ2) is 11.6. The molecular formula is C28H39BF2N4O5. The highest BCUT2D eigenvalue weighted by atomic mass is 19.3. The van der Waals surface area contributed by atoms with Crippen LogP contribution in [-0.2, 0) is 16.0 Å². The number of fused-ring (bicyclic) bond motifs is 1. The average Bonchev–Trinajstić information content (AvgIpc) is 3.42. The van der Waals surface area contributed by atoms with Crippen LogP contribution in [0.5, 0.6) is 0 Å². The number of alkyl halides is 2. The zero-order valence-electron chi connectivity index (χ0n) is 23.4. The van der Waals surface area contributed by atoms with Crippen molar-refractivity contribution in [3.8, 4) is 6.07 Å². The first-order valence-electron chi connectivity index (χ1n) is 13.9. The van der Waals surface area contributed by atoms with Crippen LogP contribution in [0, 0.1) is 28.6 Å². The van der Waals surface area contributed by atoms with Gasteiger partial charge in [0, 0.05) is 25.0 Å². The van der Waals surface area contributed by atoms with Crippen molar-refractivity contribution in [2.45, 2.75) is 76.3 Å². The molecule has 1 aliphatic carbocycles. The normalized spacial score (nSPS) is 25.9. The number of likely N-dealkylation sites (tertiary alicyclic amines) is 2. The topological polar surface area (TPSA) is 126 Å². The first kappa shape index (κ1) is 30.2. The predicted molar refractivity (Wildman–Crippen MR) is 144 cm³/mol. The van der Waals surface area contributed by atoms with E-state index in [0.29, 0.717) is 13.0 Å². The lowest BCUT2D eigenvalue weighted by Crippen LogP contribution is -2.53. The second-order valence-electron chi connectivity index (χ2n) is 12.4. The largest absolute Gasteiger partial charge is 0.475 e. The number of nitrogens with zero attached hydrogens (tertiary/aromatic N) is 3. The number of nitrogens with one attached hydrogen (secondary N) is 1. The van der Waals surface area contributed by atoms with E-state index >= 15 is 0 Å². The van der Waals surface area contributed by atoms with Crippen LogP contribution >= 0.6 is 0 Å². The Morgan fingerprint density at radius 3 is 2.58 bits per heavy atom. The average molecular weight is 560 g/mol. The van der Waals surface area contributed by atoms with Crippen molar-refractivity contribution in [2.75, 3.05) is 26.2 Å². The quantitative estimate of drug-likeness (QED) is 0.356. The van der Waals surface area contributed by atoms with E-state index in [1.54, 1.807) is 30.6 Å². The highest BCUT2D eigenvalue weighted by Crippen LogP contribution is 2.51. The molecule has 9 nitrogen and oxygen atoms in total. The van der Waals surface area contributed by atoms with Gasteiger partial charge in [-0.25, -0.2) is 13.6 Å². The Balaban J connectivity index is 1.35. The number of alkyl carbamates (subject to hydrolysis) is 1. The van der Waals surface area contributed by atoms with Crippen LogP contribution in [0.3, 0.4) is 0 Å². The first-order chi connectivity index (χ1) is 18.7. The Bertz CT molecular complexity index is 1120. The van der Waals surface area contributed by atoms with E-state index in [1.165, 1.54) is 0 Å². The molecule has 3 fully saturated rings. The number of piperidine rings is 1. The Kier molecular flexibility index (Phi) is 8.78. The fraction of sp³-hybridized carbons (Fsp3) is 0.679. The summed E-state index contributed by atoms with van der Waals surface area (Å²) in [5.74, 6) is -3.68. The summed E-state index contributed by atoms with van der Waals surface area (Å²) in [6.07, 6.45) is 0.729. The van der Waals surface area contributed by atoms with E-state index < -0.39 is 48.6 Å². The van der Waals surface area contributed by atoms with Gasteiger partial charge in [-0.05, 0) is 63.9 Å². The molecule has 2 saturated heterocycles. The molecule has 0 spiro atoms. The number of halogens is 2. The minimum atomic E-state index is -2.78. The third-order valence-corrected chi connectivity index (χ3v) is 8.73. The van der Waals surface area contributed by atoms with Gasteiger partial charge in [0.15, 0.2) is 0 Å². The van der Waals surface area contributed by atoms with Crippen molar-refractivity contribution in [2.24, 2.45) is 17.3 Å². The molecule has 12 heteroatoms. The number of hydrogen-bond donors (Lipinski definition) is 3. The fourth-order valence-electron chi connectivity index (χ4n) is 6.34. The van der Waals surface area contributed by atoms with Crippen LogP contribution in [0.1, 0.15) is 52.0 Å². The van der Waals surface area contributed by atoms with Crippen LogP contribution in [0.25, 0.3) is 0 Å². The number of carbonyl (C=O) groups excluding carboxylic acids is 2. The molecule has 2 amide bonds. The molecule has 2 heterocycles. The van der Waals surface area contributed by atoms with Crippen molar-refractivity contribution in [1.29, 1.82) is 5.26 Å². The summed E-state index contributed by atoms with van der Waals surface area (Å²) in [5.41, 5.74) is -1.25. The van der Waals surface area contributed by atoms with Crippen LogP contribution in [0.2, 0.25) is 0 Å². The van der Waals surface area contributed by atoms with E-state index in [1.807, 2.05) is 30.3 Å². The summed E-state index contributed by atoms with van der Waals surface area (Å²) in [6, 6.07) is 11.2. The number of carbonyl (C=O) groups is 2. The summed E-state index contributed by atoms with van der Waals surface area (Å²) >= 11 is 0. The van der Waals surface area contributed by atoms with Crippen molar-refractivity contribution < 1.29 is 33.2 Å². The highest BCUT2D eigenvalue weighted by Gasteiger charge is 2.57. The van der Waals surface area contributed by atoms with Gasteiger partial charge < -0.3 is 25.0 Å². The predicted octanol–water partition coefficient (Wildman–Crippen LogP) is 2.61. The highest BCUT2D eigenvalue weighted by molar-refractivity contribution is 6.43. The van der Waals surface area contributed by atoms with Gasteiger partial charge in [0.25, 0.3) is 5.92 Å².